The van der Waals surface area contributed by atoms with Crippen LogP contribution in [-0.4, -0.2) is 41.5 Å². The first-order valence-electron chi connectivity index (χ1n) is 6.73. The predicted octanol–water partition coefficient (Wildman–Crippen LogP) is 1.55. The first-order valence-corrected chi connectivity index (χ1v) is 6.73. The highest BCUT2D eigenvalue weighted by Gasteiger charge is 2.38. The number of hydrogen-bond donors (Lipinski definition) is 2. The summed E-state index contributed by atoms with van der Waals surface area (Å²) in [4.78, 5) is 17.5. The minimum absolute atomic E-state index is 0.00156. The molecule has 2 N–H and O–H groups in total. The largest absolute Gasteiger partial charge is 0.365 e. The van der Waals surface area contributed by atoms with E-state index in [1.807, 2.05) is 25.4 Å². The number of aromatic amines is 1. The Morgan fingerprint density at radius 3 is 3.11 bits per heavy atom. The number of aryl methyl sites for hydroxylation is 1. The van der Waals surface area contributed by atoms with Gasteiger partial charge in [0.05, 0.1) is 5.54 Å². The van der Waals surface area contributed by atoms with Crippen LogP contribution in [0.3, 0.4) is 0 Å². The topological polar surface area (TPSA) is 48.1 Å². The molecule has 1 aliphatic heterocycles. The molecule has 1 amide bonds. The molecule has 0 saturated carbocycles. The Balaban J connectivity index is 1.91. The number of amides is 1. The zero-order chi connectivity index (χ0) is 13.0. The molecule has 0 aliphatic carbocycles. The second-order valence-electron chi connectivity index (χ2n) is 5.37. The highest BCUT2D eigenvalue weighted by Crippen LogP contribution is 2.29. The second kappa shape index (κ2) is 5.57. The lowest BCUT2D eigenvalue weighted by Crippen LogP contribution is -2.50. The minimum Gasteiger partial charge on any atom is -0.365 e. The summed E-state index contributed by atoms with van der Waals surface area (Å²) >= 11 is 0. The molecule has 0 aromatic carbocycles. The Kier molecular flexibility index (Phi) is 4.07. The van der Waals surface area contributed by atoms with Gasteiger partial charge in [-0.3, -0.25) is 4.79 Å². The number of likely N-dealkylation sites (N-methyl/N-ethyl adjacent to an activating group) is 1. The number of carbonyl (C=O) groups is 1. The molecule has 1 atom stereocenters. The number of H-pyrrole nitrogens is 1. The Hall–Kier alpha value is -1.29. The molecule has 0 bridgehead atoms. The molecule has 2 rings (SSSR count). The van der Waals surface area contributed by atoms with E-state index in [1.165, 1.54) is 0 Å². The van der Waals surface area contributed by atoms with Crippen LogP contribution in [0.1, 0.15) is 31.9 Å². The Morgan fingerprint density at radius 2 is 2.44 bits per heavy atom. The van der Waals surface area contributed by atoms with Crippen LogP contribution in [0.5, 0.6) is 0 Å². The summed E-state index contributed by atoms with van der Waals surface area (Å²) in [7, 11) is 1.95. The lowest BCUT2D eigenvalue weighted by atomic mass is 9.98. The van der Waals surface area contributed by atoms with Crippen LogP contribution in [0.2, 0.25) is 0 Å². The van der Waals surface area contributed by atoms with Crippen LogP contribution in [-0.2, 0) is 11.2 Å². The van der Waals surface area contributed by atoms with Gasteiger partial charge < -0.3 is 15.2 Å². The summed E-state index contributed by atoms with van der Waals surface area (Å²) in [6.07, 6.45) is 5.52. The van der Waals surface area contributed by atoms with Crippen molar-refractivity contribution in [1.82, 2.24) is 15.2 Å². The van der Waals surface area contributed by atoms with E-state index in [9.17, 15) is 4.79 Å². The fourth-order valence-corrected chi connectivity index (χ4v) is 2.91. The summed E-state index contributed by atoms with van der Waals surface area (Å²) in [5, 5.41) is 3.20. The van der Waals surface area contributed by atoms with Crippen molar-refractivity contribution in [2.24, 2.45) is 0 Å². The zero-order valence-corrected chi connectivity index (χ0v) is 11.3. The monoisotopic (exact) mass is 249 g/mol. The van der Waals surface area contributed by atoms with Crippen molar-refractivity contribution in [2.45, 2.75) is 38.1 Å². The highest BCUT2D eigenvalue weighted by molar-refractivity contribution is 5.77. The van der Waals surface area contributed by atoms with Crippen LogP contribution >= 0.6 is 0 Å². The maximum absolute atomic E-state index is 12.3. The molecular weight excluding hydrogens is 226 g/mol. The number of carbonyl (C=O) groups excluding carboxylic acids is 1. The number of nitrogens with zero attached hydrogens (tertiary/aromatic N) is 1. The van der Waals surface area contributed by atoms with Crippen molar-refractivity contribution in [2.75, 3.05) is 20.1 Å². The maximum atomic E-state index is 12.3. The van der Waals surface area contributed by atoms with Gasteiger partial charge in [0.2, 0.25) is 5.91 Å². The summed E-state index contributed by atoms with van der Waals surface area (Å²) < 4.78 is 0. The van der Waals surface area contributed by atoms with Gasteiger partial charge in [-0.2, -0.15) is 0 Å². The first-order chi connectivity index (χ1) is 8.65. The molecule has 2 heterocycles. The van der Waals surface area contributed by atoms with E-state index in [0.717, 1.165) is 38.0 Å². The molecule has 4 nitrogen and oxygen atoms in total. The lowest BCUT2D eigenvalue weighted by Gasteiger charge is -2.35. The molecule has 1 aromatic heterocycles. The summed E-state index contributed by atoms with van der Waals surface area (Å²) in [5.41, 5.74) is 1.14. The summed E-state index contributed by atoms with van der Waals surface area (Å²) in [6.45, 7) is 3.96. The summed E-state index contributed by atoms with van der Waals surface area (Å²) in [6, 6.07) is 4.00. The molecule has 4 heteroatoms. The van der Waals surface area contributed by atoms with Crippen molar-refractivity contribution >= 4 is 5.91 Å². The number of aromatic nitrogens is 1. The van der Waals surface area contributed by atoms with Crippen molar-refractivity contribution in [3.63, 3.8) is 0 Å². The van der Waals surface area contributed by atoms with E-state index in [4.69, 9.17) is 0 Å². The van der Waals surface area contributed by atoms with Gasteiger partial charge in [0.25, 0.3) is 0 Å². The van der Waals surface area contributed by atoms with E-state index >= 15 is 0 Å². The van der Waals surface area contributed by atoms with Gasteiger partial charge in [-0.25, -0.2) is 0 Å². The van der Waals surface area contributed by atoms with Gasteiger partial charge in [-0.05, 0) is 45.4 Å². The number of rotatable bonds is 5. The molecule has 1 saturated heterocycles. The third kappa shape index (κ3) is 2.75. The lowest BCUT2D eigenvalue weighted by molar-refractivity contribution is -0.134. The van der Waals surface area contributed by atoms with E-state index < -0.39 is 0 Å². The molecule has 18 heavy (non-hydrogen) atoms. The molecule has 1 fully saturated rings. The first kappa shape index (κ1) is 13.1. The van der Waals surface area contributed by atoms with Gasteiger partial charge in [0.1, 0.15) is 0 Å². The van der Waals surface area contributed by atoms with Gasteiger partial charge in [0, 0.05) is 31.4 Å². The highest BCUT2D eigenvalue weighted by atomic mass is 16.2. The molecule has 1 aromatic rings. The van der Waals surface area contributed by atoms with Crippen molar-refractivity contribution in [1.29, 1.82) is 0 Å². The SMILES string of the molecule is CNCC1(C)CCCN1C(=O)CCc1ccc[nH]1. The fraction of sp³-hybridized carbons (Fsp3) is 0.643. The third-order valence-electron chi connectivity index (χ3n) is 3.88. The van der Waals surface area contributed by atoms with Gasteiger partial charge in [-0.15, -0.1) is 0 Å². The van der Waals surface area contributed by atoms with Crippen LogP contribution in [0.15, 0.2) is 18.3 Å². The van der Waals surface area contributed by atoms with Crippen LogP contribution in [0, 0.1) is 0 Å². The van der Waals surface area contributed by atoms with Crippen molar-refractivity contribution in [3.05, 3.63) is 24.0 Å². The van der Waals surface area contributed by atoms with Crippen molar-refractivity contribution in [3.8, 4) is 0 Å². The molecular formula is C14H23N3O. The average Bonchev–Trinajstić information content (AvgIpc) is 2.96. The van der Waals surface area contributed by atoms with Crippen LogP contribution in [0.25, 0.3) is 0 Å². The number of hydrogen-bond acceptors (Lipinski definition) is 2. The van der Waals surface area contributed by atoms with E-state index in [1.54, 1.807) is 0 Å². The quantitative estimate of drug-likeness (QED) is 0.831. The standard InChI is InChI=1S/C14H23N3O/c1-14(11-15-2)8-4-10-17(14)13(18)7-6-12-5-3-9-16-12/h3,5,9,15-16H,4,6-8,10-11H2,1-2H3. The molecule has 0 radical (unpaired) electrons. The van der Waals surface area contributed by atoms with Gasteiger partial charge in [-0.1, -0.05) is 0 Å². The normalized spacial score (nSPS) is 23.6. The van der Waals surface area contributed by atoms with Crippen LogP contribution in [0.4, 0.5) is 0 Å². The minimum atomic E-state index is 0.00156. The smallest absolute Gasteiger partial charge is 0.223 e. The van der Waals surface area contributed by atoms with E-state index in [2.05, 4.69) is 22.1 Å². The summed E-state index contributed by atoms with van der Waals surface area (Å²) in [5.74, 6) is 0.278. The molecule has 0 spiro atoms. The van der Waals surface area contributed by atoms with E-state index in [0.29, 0.717) is 6.42 Å². The second-order valence-corrected chi connectivity index (χ2v) is 5.37. The average molecular weight is 249 g/mol. The van der Waals surface area contributed by atoms with Crippen LogP contribution < -0.4 is 5.32 Å². The van der Waals surface area contributed by atoms with Gasteiger partial charge >= 0.3 is 0 Å². The van der Waals surface area contributed by atoms with Gasteiger partial charge in [0.15, 0.2) is 0 Å². The zero-order valence-electron chi connectivity index (χ0n) is 11.3. The Morgan fingerprint density at radius 1 is 1.61 bits per heavy atom. The Bertz CT molecular complexity index is 388. The molecule has 1 unspecified atom stereocenters. The fourth-order valence-electron chi connectivity index (χ4n) is 2.91. The Labute approximate surface area is 109 Å². The maximum Gasteiger partial charge on any atom is 0.223 e. The predicted molar refractivity (Wildman–Crippen MR) is 72.4 cm³/mol. The number of likely N-dealkylation sites (tertiary alicyclic amines) is 1. The molecule has 1 aliphatic rings. The van der Waals surface area contributed by atoms with E-state index in [-0.39, 0.29) is 11.4 Å². The third-order valence-corrected chi connectivity index (χ3v) is 3.88. The molecule has 100 valence electrons. The van der Waals surface area contributed by atoms with Crippen molar-refractivity contribution < 1.29 is 4.79 Å². The number of nitrogens with one attached hydrogen (secondary N) is 2.